The molecule has 5 nitrogen and oxygen atoms in total. The zero-order chi connectivity index (χ0) is 15.3. The first-order valence-electron chi connectivity index (χ1n) is 6.22. The van der Waals surface area contributed by atoms with Gasteiger partial charge in [0.2, 0.25) is 10.0 Å². The maximum Gasteiger partial charge on any atom is 0.242 e. The van der Waals surface area contributed by atoms with Crippen molar-refractivity contribution in [1.82, 2.24) is 4.72 Å². The van der Waals surface area contributed by atoms with Gasteiger partial charge in [0.1, 0.15) is 23.1 Å². The van der Waals surface area contributed by atoms with Crippen molar-refractivity contribution < 1.29 is 17.5 Å². The minimum atomic E-state index is -3.86. The van der Waals surface area contributed by atoms with Gasteiger partial charge >= 0.3 is 0 Å². The van der Waals surface area contributed by atoms with Crippen LogP contribution in [-0.2, 0) is 10.0 Å². The number of nitrogens with two attached hydrogens (primary N) is 1. The fourth-order valence-electron chi connectivity index (χ4n) is 1.69. The van der Waals surface area contributed by atoms with Gasteiger partial charge in [0.25, 0.3) is 0 Å². The molecule has 112 valence electrons. The fourth-order valence-corrected chi connectivity index (χ4v) is 2.84. The molecule has 2 rings (SSSR count). The number of rotatable bonds is 6. The van der Waals surface area contributed by atoms with E-state index in [0.29, 0.717) is 5.75 Å². The second-order valence-corrected chi connectivity index (χ2v) is 5.95. The number of nitrogen functional groups attached to an aromatic ring is 1. The van der Waals surface area contributed by atoms with E-state index in [-0.39, 0.29) is 18.0 Å². The van der Waals surface area contributed by atoms with Crippen LogP contribution in [0.25, 0.3) is 0 Å². The van der Waals surface area contributed by atoms with Crippen molar-refractivity contribution >= 4 is 15.7 Å². The number of sulfonamides is 1. The van der Waals surface area contributed by atoms with Crippen LogP contribution in [0.4, 0.5) is 10.1 Å². The van der Waals surface area contributed by atoms with E-state index in [0.717, 1.165) is 6.07 Å². The van der Waals surface area contributed by atoms with E-state index in [1.165, 1.54) is 12.1 Å². The van der Waals surface area contributed by atoms with Gasteiger partial charge in [0.05, 0.1) is 5.69 Å². The Kier molecular flexibility index (Phi) is 4.77. The number of hydrogen-bond acceptors (Lipinski definition) is 4. The molecule has 0 fully saturated rings. The molecule has 21 heavy (non-hydrogen) atoms. The third-order valence-electron chi connectivity index (χ3n) is 2.71. The van der Waals surface area contributed by atoms with Gasteiger partial charge in [-0.15, -0.1) is 0 Å². The maximum absolute atomic E-state index is 13.3. The summed E-state index contributed by atoms with van der Waals surface area (Å²) in [5.74, 6) is -0.125. The Morgan fingerprint density at radius 3 is 2.52 bits per heavy atom. The van der Waals surface area contributed by atoms with E-state index in [1.54, 1.807) is 12.1 Å². The highest BCUT2D eigenvalue weighted by Crippen LogP contribution is 2.20. The summed E-state index contributed by atoms with van der Waals surface area (Å²) >= 11 is 0. The standard InChI is InChI=1S/C14H15FN2O3S/c15-12-7-4-8-13(14(12)16)21(18,19)17-9-10-20-11-5-2-1-3-6-11/h1-8,17H,9-10,16H2. The summed E-state index contributed by atoms with van der Waals surface area (Å²) in [6.45, 7) is 0.200. The Bertz CT molecular complexity index is 705. The van der Waals surface area contributed by atoms with Gasteiger partial charge in [0.15, 0.2) is 0 Å². The molecule has 0 amide bonds. The Morgan fingerprint density at radius 2 is 1.81 bits per heavy atom. The molecule has 0 saturated heterocycles. The van der Waals surface area contributed by atoms with Crippen molar-refractivity contribution in [1.29, 1.82) is 0 Å². The second kappa shape index (κ2) is 6.55. The van der Waals surface area contributed by atoms with Crippen LogP contribution in [0.15, 0.2) is 53.4 Å². The summed E-state index contributed by atoms with van der Waals surface area (Å²) < 4.78 is 45.0. The van der Waals surface area contributed by atoms with E-state index >= 15 is 0 Å². The number of nitrogens with one attached hydrogen (secondary N) is 1. The number of para-hydroxylation sites is 2. The smallest absolute Gasteiger partial charge is 0.242 e. The first-order valence-corrected chi connectivity index (χ1v) is 7.70. The largest absolute Gasteiger partial charge is 0.492 e. The van der Waals surface area contributed by atoms with Crippen molar-refractivity contribution in [2.24, 2.45) is 0 Å². The molecule has 0 spiro atoms. The minimum Gasteiger partial charge on any atom is -0.492 e. The Balaban J connectivity index is 1.94. The predicted octanol–water partition coefficient (Wildman–Crippen LogP) is 1.77. The molecule has 0 heterocycles. The molecule has 7 heteroatoms. The van der Waals surface area contributed by atoms with E-state index < -0.39 is 21.5 Å². The highest BCUT2D eigenvalue weighted by atomic mass is 32.2. The SMILES string of the molecule is Nc1c(F)cccc1S(=O)(=O)NCCOc1ccccc1. The average Bonchev–Trinajstić information content (AvgIpc) is 2.47. The number of anilines is 1. The molecule has 2 aromatic carbocycles. The van der Waals surface area contributed by atoms with Crippen molar-refractivity contribution in [3.8, 4) is 5.75 Å². The summed E-state index contributed by atoms with van der Waals surface area (Å²) in [6, 6.07) is 12.6. The third-order valence-corrected chi connectivity index (χ3v) is 4.23. The topological polar surface area (TPSA) is 81.4 Å². The molecule has 0 bridgehead atoms. The van der Waals surface area contributed by atoms with Crippen molar-refractivity contribution in [3.63, 3.8) is 0 Å². The molecule has 0 aliphatic carbocycles. The number of halogens is 1. The Morgan fingerprint density at radius 1 is 1.10 bits per heavy atom. The molecular weight excluding hydrogens is 295 g/mol. The zero-order valence-electron chi connectivity index (χ0n) is 11.1. The molecule has 0 unspecified atom stereocenters. The van der Waals surface area contributed by atoms with Crippen LogP contribution in [0.3, 0.4) is 0 Å². The zero-order valence-corrected chi connectivity index (χ0v) is 11.9. The van der Waals surface area contributed by atoms with Gasteiger partial charge < -0.3 is 10.5 Å². The summed E-state index contributed by atoms with van der Waals surface area (Å²) in [7, 11) is -3.86. The van der Waals surface area contributed by atoms with Gasteiger partial charge in [0, 0.05) is 6.54 Å². The van der Waals surface area contributed by atoms with Crippen LogP contribution in [0, 0.1) is 5.82 Å². The van der Waals surface area contributed by atoms with Gasteiger partial charge in [-0.2, -0.15) is 0 Å². The highest BCUT2D eigenvalue weighted by Gasteiger charge is 2.18. The summed E-state index contributed by atoms with van der Waals surface area (Å²) in [6.07, 6.45) is 0. The lowest BCUT2D eigenvalue weighted by molar-refractivity contribution is 0.323. The Hall–Kier alpha value is -2.12. The molecule has 2 aromatic rings. The lowest BCUT2D eigenvalue weighted by Gasteiger charge is -2.10. The van der Waals surface area contributed by atoms with Crippen LogP contribution >= 0.6 is 0 Å². The molecule has 0 radical (unpaired) electrons. The van der Waals surface area contributed by atoms with Crippen LogP contribution in [0.1, 0.15) is 0 Å². The maximum atomic E-state index is 13.3. The van der Waals surface area contributed by atoms with Crippen molar-refractivity contribution in [2.45, 2.75) is 4.90 Å². The predicted molar refractivity (Wildman–Crippen MR) is 77.9 cm³/mol. The first kappa shape index (κ1) is 15.3. The van der Waals surface area contributed by atoms with Crippen LogP contribution in [-0.4, -0.2) is 21.6 Å². The van der Waals surface area contributed by atoms with Crippen LogP contribution in [0.5, 0.6) is 5.75 Å². The molecule has 0 aliphatic heterocycles. The molecule has 0 atom stereocenters. The lowest BCUT2D eigenvalue weighted by Crippen LogP contribution is -2.29. The summed E-state index contributed by atoms with van der Waals surface area (Å²) in [5.41, 5.74) is 5.04. The molecule has 0 aromatic heterocycles. The fraction of sp³-hybridized carbons (Fsp3) is 0.143. The number of benzene rings is 2. The highest BCUT2D eigenvalue weighted by molar-refractivity contribution is 7.89. The van der Waals surface area contributed by atoms with E-state index in [1.807, 2.05) is 18.2 Å². The van der Waals surface area contributed by atoms with E-state index in [9.17, 15) is 12.8 Å². The van der Waals surface area contributed by atoms with Crippen molar-refractivity contribution in [2.75, 3.05) is 18.9 Å². The van der Waals surface area contributed by atoms with Crippen LogP contribution in [0.2, 0.25) is 0 Å². The average molecular weight is 310 g/mol. The normalized spacial score (nSPS) is 11.3. The molecule has 3 N–H and O–H groups in total. The third kappa shape index (κ3) is 3.93. The number of hydrogen-bond donors (Lipinski definition) is 2. The quantitative estimate of drug-likeness (QED) is 0.629. The van der Waals surface area contributed by atoms with Crippen LogP contribution < -0.4 is 15.2 Å². The van der Waals surface area contributed by atoms with Gasteiger partial charge in [-0.1, -0.05) is 24.3 Å². The second-order valence-electron chi connectivity index (χ2n) is 4.21. The number of ether oxygens (including phenoxy) is 1. The van der Waals surface area contributed by atoms with E-state index in [2.05, 4.69) is 4.72 Å². The van der Waals surface area contributed by atoms with Crippen molar-refractivity contribution in [3.05, 3.63) is 54.3 Å². The van der Waals surface area contributed by atoms with Gasteiger partial charge in [-0.3, -0.25) is 0 Å². The molecule has 0 saturated carbocycles. The Labute approximate surface area is 122 Å². The van der Waals surface area contributed by atoms with Gasteiger partial charge in [-0.25, -0.2) is 17.5 Å². The summed E-state index contributed by atoms with van der Waals surface area (Å²) in [4.78, 5) is -0.276. The summed E-state index contributed by atoms with van der Waals surface area (Å²) in [5, 5.41) is 0. The monoisotopic (exact) mass is 310 g/mol. The van der Waals surface area contributed by atoms with Gasteiger partial charge in [-0.05, 0) is 24.3 Å². The first-order chi connectivity index (χ1) is 10.0. The molecular formula is C14H15FN2O3S. The lowest BCUT2D eigenvalue weighted by atomic mass is 10.3. The van der Waals surface area contributed by atoms with E-state index in [4.69, 9.17) is 10.5 Å². The molecule has 0 aliphatic rings. The minimum absolute atomic E-state index is 0.0488.